The average molecular weight is 604 g/mol. The maximum Gasteiger partial charge on any atom is 0.297 e. The van der Waals surface area contributed by atoms with Gasteiger partial charge in [0.25, 0.3) is 11.5 Å². The third kappa shape index (κ3) is 6.74. The van der Waals surface area contributed by atoms with Gasteiger partial charge in [-0.1, -0.05) is 42.4 Å². The number of pyridine rings is 1. The second-order valence-corrected chi connectivity index (χ2v) is 12.0. The number of ether oxygens (including phenoxy) is 1. The molecule has 3 atom stereocenters. The molecular formula is C35H45N3O6. The van der Waals surface area contributed by atoms with E-state index >= 15 is 0 Å². The van der Waals surface area contributed by atoms with E-state index in [1.165, 1.54) is 17.3 Å². The maximum atomic E-state index is 14.1. The van der Waals surface area contributed by atoms with E-state index in [4.69, 9.17) is 4.74 Å². The zero-order chi connectivity index (χ0) is 32.0. The lowest BCUT2D eigenvalue weighted by atomic mass is 9.82. The molecule has 2 N–H and O–H groups in total. The Labute approximate surface area is 259 Å². The van der Waals surface area contributed by atoms with Crippen LogP contribution in [0.3, 0.4) is 0 Å². The first kappa shape index (κ1) is 33.0. The second kappa shape index (κ2) is 14.2. The lowest BCUT2D eigenvalue weighted by Gasteiger charge is -2.28. The molecule has 0 radical (unpaired) electrons. The number of methoxy groups -OCH3 is 1. The minimum absolute atomic E-state index is 0.0612. The van der Waals surface area contributed by atoms with Gasteiger partial charge in [-0.3, -0.25) is 19.0 Å². The summed E-state index contributed by atoms with van der Waals surface area (Å²) in [6.45, 7) is 8.77. The summed E-state index contributed by atoms with van der Waals surface area (Å²) in [6.07, 6.45) is 12.7. The van der Waals surface area contributed by atoms with E-state index in [2.05, 4.69) is 19.9 Å². The topological polar surface area (TPSA) is 112 Å². The van der Waals surface area contributed by atoms with Crippen LogP contribution in [0.4, 0.5) is 5.69 Å². The molecule has 44 heavy (non-hydrogen) atoms. The molecule has 9 heteroatoms. The molecule has 3 heterocycles. The fourth-order valence-corrected chi connectivity index (χ4v) is 6.02. The summed E-state index contributed by atoms with van der Waals surface area (Å²) in [5.74, 6) is -1.06. The summed E-state index contributed by atoms with van der Waals surface area (Å²) in [7, 11) is 1.43. The molecule has 4 rings (SSSR count). The Kier molecular flexibility index (Phi) is 10.7. The Morgan fingerprint density at radius 1 is 1.18 bits per heavy atom. The van der Waals surface area contributed by atoms with Gasteiger partial charge in [-0.2, -0.15) is 0 Å². The number of hydrogen-bond donors (Lipinski definition) is 2. The number of carbonyl (C=O) groups is 2. The Morgan fingerprint density at radius 3 is 2.66 bits per heavy atom. The molecule has 2 aliphatic rings. The summed E-state index contributed by atoms with van der Waals surface area (Å²) in [5.41, 5.74) is 1.58. The Bertz CT molecular complexity index is 1520. The van der Waals surface area contributed by atoms with Crippen LogP contribution in [0.1, 0.15) is 65.4 Å². The Hall–Kier alpha value is -3.95. The molecule has 236 valence electrons. The molecule has 0 aliphatic carbocycles. The number of fused-ring (bicyclic) bond motifs is 1. The first-order valence-electron chi connectivity index (χ1n) is 15.3. The smallest absolute Gasteiger partial charge is 0.297 e. The van der Waals surface area contributed by atoms with Crippen LogP contribution in [0.25, 0.3) is 5.69 Å². The van der Waals surface area contributed by atoms with Crippen molar-refractivity contribution in [1.29, 1.82) is 0 Å². The highest BCUT2D eigenvalue weighted by molar-refractivity contribution is 6.07. The minimum atomic E-state index is -1.92. The van der Waals surface area contributed by atoms with E-state index < -0.39 is 17.4 Å². The number of allylic oxidation sites excluding steroid dienone is 3. The van der Waals surface area contributed by atoms with E-state index in [1.54, 1.807) is 65.4 Å². The fourth-order valence-electron chi connectivity index (χ4n) is 6.02. The average Bonchev–Trinajstić information content (AvgIpc) is 3.57. The molecular weight excluding hydrogens is 558 g/mol. The van der Waals surface area contributed by atoms with Crippen molar-refractivity contribution in [3.63, 3.8) is 0 Å². The molecule has 2 aliphatic heterocycles. The van der Waals surface area contributed by atoms with E-state index in [0.29, 0.717) is 30.0 Å². The Balaban J connectivity index is 1.67. The van der Waals surface area contributed by atoms with E-state index in [1.807, 2.05) is 13.0 Å². The minimum Gasteiger partial charge on any atom is -0.491 e. The quantitative estimate of drug-likeness (QED) is 0.342. The first-order valence-corrected chi connectivity index (χ1v) is 15.3. The lowest BCUT2D eigenvalue weighted by molar-refractivity contribution is -0.139. The van der Waals surface area contributed by atoms with Crippen LogP contribution in [0.5, 0.6) is 5.75 Å². The monoisotopic (exact) mass is 603 g/mol. The van der Waals surface area contributed by atoms with Crippen molar-refractivity contribution in [3.8, 4) is 11.4 Å². The SMILES string of the molecule is COc1cccn(-c2ccc3c(c2)[C@@](O)([C@H](C)/C=C/CC(=O)N2CCC[C@H]2CO)C(=O)N3C/C=C(\C)CCC=C(C)C)c1=O. The van der Waals surface area contributed by atoms with Crippen LogP contribution in [0.15, 0.2) is 76.8 Å². The van der Waals surface area contributed by atoms with E-state index in [9.17, 15) is 24.6 Å². The normalized spacial score (nSPS) is 20.8. The van der Waals surface area contributed by atoms with Gasteiger partial charge in [-0.15, -0.1) is 0 Å². The van der Waals surface area contributed by atoms with Crippen LogP contribution in [0, 0.1) is 5.92 Å². The molecule has 0 unspecified atom stereocenters. The van der Waals surface area contributed by atoms with Gasteiger partial charge in [0, 0.05) is 42.9 Å². The number of hydrogen-bond acceptors (Lipinski definition) is 6. The first-order chi connectivity index (χ1) is 21.0. The van der Waals surface area contributed by atoms with E-state index in [-0.39, 0.29) is 36.3 Å². The molecule has 0 spiro atoms. The standard InChI is InChI=1S/C35H45N3O6/c1-24(2)10-6-11-25(3)18-21-38-30-17-16-27(37-20-9-14-31(44-5)33(37)41)22-29(30)35(43,34(38)42)26(4)12-7-15-32(40)36-19-8-13-28(36)23-39/h7,9-10,12,14,16-18,20,22,26,28,39,43H,6,8,11,13,15,19,21,23H2,1-5H3/b12-7+,25-18+/t26-,28+,35+/m1/s1. The van der Waals surface area contributed by atoms with Gasteiger partial charge in [0.1, 0.15) is 0 Å². The number of rotatable bonds is 12. The van der Waals surface area contributed by atoms with Crippen molar-refractivity contribution in [2.45, 2.75) is 71.4 Å². The molecule has 2 aromatic rings. The number of aliphatic hydroxyl groups excluding tert-OH is 1. The summed E-state index contributed by atoms with van der Waals surface area (Å²) < 4.78 is 6.64. The number of amides is 2. The van der Waals surface area contributed by atoms with Gasteiger partial charge in [0.2, 0.25) is 5.91 Å². The predicted molar refractivity (Wildman–Crippen MR) is 172 cm³/mol. The molecule has 2 amide bonds. The van der Waals surface area contributed by atoms with Crippen molar-refractivity contribution in [2.75, 3.05) is 31.7 Å². The third-order valence-corrected chi connectivity index (χ3v) is 8.66. The fraction of sp³-hybridized carbons (Fsp3) is 0.457. The molecule has 9 nitrogen and oxygen atoms in total. The van der Waals surface area contributed by atoms with Crippen LogP contribution in [-0.2, 0) is 15.2 Å². The number of nitrogens with zero attached hydrogens (tertiary/aromatic N) is 3. The largest absolute Gasteiger partial charge is 0.491 e. The van der Waals surface area contributed by atoms with Gasteiger partial charge < -0.3 is 24.7 Å². The molecule has 1 saturated heterocycles. The maximum absolute atomic E-state index is 14.1. The molecule has 1 aromatic carbocycles. The summed E-state index contributed by atoms with van der Waals surface area (Å²) in [5, 5.41) is 21.8. The van der Waals surface area contributed by atoms with Gasteiger partial charge in [-0.05, 0) is 76.8 Å². The van der Waals surface area contributed by atoms with Gasteiger partial charge >= 0.3 is 0 Å². The predicted octanol–water partition coefficient (Wildman–Crippen LogP) is 4.64. The van der Waals surface area contributed by atoms with Crippen molar-refractivity contribution in [1.82, 2.24) is 9.47 Å². The number of aromatic nitrogens is 1. The molecule has 0 saturated carbocycles. The summed E-state index contributed by atoms with van der Waals surface area (Å²) in [6, 6.07) is 8.32. The zero-order valence-electron chi connectivity index (χ0n) is 26.5. The van der Waals surface area contributed by atoms with Crippen molar-refractivity contribution >= 4 is 17.5 Å². The van der Waals surface area contributed by atoms with Gasteiger partial charge in [-0.25, -0.2) is 0 Å². The van der Waals surface area contributed by atoms with Crippen LogP contribution < -0.4 is 15.2 Å². The second-order valence-electron chi connectivity index (χ2n) is 12.0. The van der Waals surface area contributed by atoms with Crippen molar-refractivity contribution in [2.24, 2.45) is 5.92 Å². The summed E-state index contributed by atoms with van der Waals surface area (Å²) >= 11 is 0. The van der Waals surface area contributed by atoms with Crippen molar-refractivity contribution in [3.05, 3.63) is 87.9 Å². The number of aliphatic hydroxyl groups is 2. The number of anilines is 1. The lowest BCUT2D eigenvalue weighted by Crippen LogP contribution is -2.44. The number of likely N-dealkylation sites (tertiary alicyclic amines) is 1. The molecule has 0 bridgehead atoms. The Morgan fingerprint density at radius 2 is 1.95 bits per heavy atom. The molecule has 1 fully saturated rings. The van der Waals surface area contributed by atoms with Crippen LogP contribution in [-0.4, -0.2) is 64.3 Å². The molecule has 1 aromatic heterocycles. The number of benzene rings is 1. The zero-order valence-corrected chi connectivity index (χ0v) is 26.5. The van der Waals surface area contributed by atoms with Gasteiger partial charge in [0.05, 0.1) is 25.4 Å². The van der Waals surface area contributed by atoms with Crippen molar-refractivity contribution < 1.29 is 24.5 Å². The van der Waals surface area contributed by atoms with E-state index in [0.717, 1.165) is 31.3 Å². The highest BCUT2D eigenvalue weighted by atomic mass is 16.5. The summed E-state index contributed by atoms with van der Waals surface area (Å²) in [4.78, 5) is 43.2. The van der Waals surface area contributed by atoms with Crippen LogP contribution in [0.2, 0.25) is 0 Å². The third-order valence-electron chi connectivity index (χ3n) is 8.66. The highest BCUT2D eigenvalue weighted by Crippen LogP contribution is 2.46. The number of carbonyl (C=O) groups excluding carboxylic acids is 2. The van der Waals surface area contributed by atoms with Crippen LogP contribution >= 0.6 is 0 Å². The van der Waals surface area contributed by atoms with Gasteiger partial charge in [0.15, 0.2) is 11.4 Å². The highest BCUT2D eigenvalue weighted by Gasteiger charge is 2.52.